The zero-order valence-corrected chi connectivity index (χ0v) is 10.4. The molecule has 1 spiro atoms. The van der Waals surface area contributed by atoms with Crippen LogP contribution in [0.1, 0.15) is 12.8 Å². The first-order valence-electron chi connectivity index (χ1n) is 5.87. The highest BCUT2D eigenvalue weighted by Crippen LogP contribution is 2.38. The van der Waals surface area contributed by atoms with Crippen LogP contribution in [-0.4, -0.2) is 53.5 Å². The molecule has 0 radical (unpaired) electrons. The highest BCUT2D eigenvalue weighted by atomic mass is 19.4. The van der Waals surface area contributed by atoms with Gasteiger partial charge in [0.25, 0.3) is 5.91 Å². The zero-order valence-electron chi connectivity index (χ0n) is 10.4. The van der Waals surface area contributed by atoms with Gasteiger partial charge in [0, 0.05) is 13.1 Å². The number of hydrogen-bond donors (Lipinski definition) is 2. The Morgan fingerprint density at radius 3 is 2.00 bits per heavy atom. The van der Waals surface area contributed by atoms with Crippen molar-refractivity contribution in [2.75, 3.05) is 13.1 Å². The second-order valence-corrected chi connectivity index (χ2v) is 4.85. The van der Waals surface area contributed by atoms with Gasteiger partial charge < -0.3 is 10.2 Å². The van der Waals surface area contributed by atoms with Gasteiger partial charge >= 0.3 is 24.0 Å². The summed E-state index contributed by atoms with van der Waals surface area (Å²) in [7, 11) is 0. The largest absolute Gasteiger partial charge is 0.463 e. The van der Waals surface area contributed by atoms with Gasteiger partial charge in [0.15, 0.2) is 0 Å². The lowest BCUT2D eigenvalue weighted by Gasteiger charge is -2.38. The lowest BCUT2D eigenvalue weighted by Crippen LogP contribution is -2.59. The summed E-state index contributed by atoms with van der Waals surface area (Å²) >= 11 is 0. The minimum absolute atomic E-state index is 0.232. The molecule has 2 rings (SSSR count). The second-order valence-electron chi connectivity index (χ2n) is 4.85. The summed E-state index contributed by atoms with van der Waals surface area (Å²) in [6.45, 7) is -0.976. The predicted molar refractivity (Wildman–Crippen MR) is 56.2 cm³/mol. The number of imide groups is 1. The minimum Gasteiger partial charge on any atom is -0.337 e. The molecule has 6 nitrogen and oxygen atoms in total. The fourth-order valence-corrected chi connectivity index (χ4v) is 2.29. The number of carbonyl (C=O) groups excluding carboxylic acids is 3. The zero-order chi connectivity index (χ0) is 16.1. The third-order valence-electron chi connectivity index (χ3n) is 3.54. The lowest BCUT2D eigenvalue weighted by atomic mass is 9.87. The third kappa shape index (κ3) is 2.40. The Labute approximate surface area is 114 Å². The van der Waals surface area contributed by atoms with Crippen molar-refractivity contribution in [3.63, 3.8) is 0 Å². The van der Waals surface area contributed by atoms with E-state index in [1.54, 1.807) is 0 Å². The molecule has 4 amide bonds. The number of hydrogen-bond acceptors (Lipinski definition) is 3. The average Bonchev–Trinajstić information content (AvgIpc) is 2.63. The highest BCUT2D eigenvalue weighted by Gasteiger charge is 2.65. The van der Waals surface area contributed by atoms with E-state index in [-0.39, 0.29) is 12.8 Å². The molecule has 2 saturated heterocycles. The molecule has 2 aliphatic rings. The van der Waals surface area contributed by atoms with Gasteiger partial charge in [-0.2, -0.15) is 22.0 Å². The Morgan fingerprint density at radius 1 is 1.10 bits per heavy atom. The van der Waals surface area contributed by atoms with Crippen LogP contribution in [-0.2, 0) is 9.59 Å². The Morgan fingerprint density at radius 2 is 1.62 bits per heavy atom. The van der Waals surface area contributed by atoms with E-state index in [1.165, 1.54) is 0 Å². The third-order valence-corrected chi connectivity index (χ3v) is 3.54. The Kier molecular flexibility index (Phi) is 3.33. The number of piperidine rings is 1. The van der Waals surface area contributed by atoms with Gasteiger partial charge in [0.05, 0.1) is 0 Å². The summed E-state index contributed by atoms with van der Waals surface area (Å²) in [5.74, 6) is -8.50. The molecule has 0 aromatic rings. The van der Waals surface area contributed by atoms with Crippen molar-refractivity contribution >= 4 is 17.8 Å². The van der Waals surface area contributed by atoms with Crippen molar-refractivity contribution in [1.29, 1.82) is 0 Å². The van der Waals surface area contributed by atoms with Gasteiger partial charge in [-0.15, -0.1) is 0 Å². The Balaban J connectivity index is 2.07. The van der Waals surface area contributed by atoms with Gasteiger partial charge in [0.1, 0.15) is 5.54 Å². The van der Waals surface area contributed by atoms with Gasteiger partial charge in [-0.25, -0.2) is 4.79 Å². The van der Waals surface area contributed by atoms with Crippen LogP contribution in [0.25, 0.3) is 0 Å². The smallest absolute Gasteiger partial charge is 0.337 e. The van der Waals surface area contributed by atoms with E-state index in [2.05, 4.69) is 5.32 Å². The van der Waals surface area contributed by atoms with Crippen molar-refractivity contribution in [3.05, 3.63) is 0 Å². The van der Waals surface area contributed by atoms with Crippen molar-refractivity contribution in [1.82, 2.24) is 15.5 Å². The summed E-state index contributed by atoms with van der Waals surface area (Å²) in [6, 6.07) is -0.764. The topological polar surface area (TPSA) is 78.5 Å². The normalized spacial score (nSPS) is 22.2. The van der Waals surface area contributed by atoms with Gasteiger partial charge in [-0.3, -0.25) is 14.9 Å². The predicted octanol–water partition coefficient (Wildman–Crippen LogP) is 0.385. The monoisotopic (exact) mass is 315 g/mol. The van der Waals surface area contributed by atoms with E-state index in [1.807, 2.05) is 5.32 Å². The number of nitrogens with zero attached hydrogens (tertiary/aromatic N) is 1. The van der Waals surface area contributed by atoms with Crippen LogP contribution in [0.4, 0.5) is 26.7 Å². The van der Waals surface area contributed by atoms with Crippen LogP contribution in [0.2, 0.25) is 0 Å². The van der Waals surface area contributed by atoms with Crippen LogP contribution in [0.5, 0.6) is 0 Å². The molecule has 0 bridgehead atoms. The summed E-state index contributed by atoms with van der Waals surface area (Å²) < 4.78 is 62.3. The van der Waals surface area contributed by atoms with E-state index >= 15 is 0 Å². The summed E-state index contributed by atoms with van der Waals surface area (Å²) in [4.78, 5) is 34.2. The fourth-order valence-electron chi connectivity index (χ4n) is 2.29. The van der Waals surface area contributed by atoms with Crippen LogP contribution < -0.4 is 10.6 Å². The number of urea groups is 1. The molecule has 0 saturated carbocycles. The molecule has 2 aliphatic heterocycles. The summed E-state index contributed by atoms with van der Waals surface area (Å²) in [6.07, 6.45) is -6.44. The number of amides is 4. The molecule has 21 heavy (non-hydrogen) atoms. The van der Waals surface area contributed by atoms with Crippen molar-refractivity contribution in [2.24, 2.45) is 0 Å². The first-order valence-corrected chi connectivity index (χ1v) is 5.87. The first kappa shape index (κ1) is 15.4. The van der Waals surface area contributed by atoms with E-state index in [0.29, 0.717) is 4.90 Å². The molecular weight excluding hydrogens is 305 g/mol. The van der Waals surface area contributed by atoms with E-state index in [9.17, 15) is 36.3 Å². The molecule has 11 heteroatoms. The van der Waals surface area contributed by atoms with Crippen molar-refractivity contribution in [2.45, 2.75) is 30.5 Å². The molecule has 2 fully saturated rings. The number of nitrogens with one attached hydrogen (secondary N) is 2. The SMILES string of the molecule is O=C1NC(=O)C2(CCN(C(=O)C(F)(F)C(F)(F)F)CC2)N1. The second kappa shape index (κ2) is 4.53. The van der Waals surface area contributed by atoms with Gasteiger partial charge in [-0.05, 0) is 12.8 Å². The first-order chi connectivity index (χ1) is 9.49. The molecule has 0 aromatic heterocycles. The van der Waals surface area contributed by atoms with Crippen molar-refractivity contribution < 1.29 is 36.3 Å². The molecule has 118 valence electrons. The number of carbonyl (C=O) groups is 3. The molecule has 2 N–H and O–H groups in total. The van der Waals surface area contributed by atoms with Crippen LogP contribution in [0.15, 0.2) is 0 Å². The Bertz CT molecular complexity index is 497. The van der Waals surface area contributed by atoms with Crippen LogP contribution >= 0.6 is 0 Å². The average molecular weight is 315 g/mol. The molecule has 0 aromatic carbocycles. The van der Waals surface area contributed by atoms with Gasteiger partial charge in [0.2, 0.25) is 0 Å². The fraction of sp³-hybridized carbons (Fsp3) is 0.700. The van der Waals surface area contributed by atoms with E-state index < -0.39 is 48.6 Å². The lowest BCUT2D eigenvalue weighted by molar-refractivity contribution is -0.274. The minimum atomic E-state index is -5.97. The van der Waals surface area contributed by atoms with Crippen molar-refractivity contribution in [3.8, 4) is 0 Å². The maximum atomic E-state index is 13.0. The molecule has 2 heterocycles. The number of alkyl halides is 5. The number of rotatable bonds is 1. The highest BCUT2D eigenvalue weighted by molar-refractivity contribution is 6.07. The maximum absolute atomic E-state index is 13.0. The van der Waals surface area contributed by atoms with E-state index in [0.717, 1.165) is 0 Å². The van der Waals surface area contributed by atoms with E-state index in [4.69, 9.17) is 0 Å². The molecule has 0 unspecified atom stereocenters. The van der Waals surface area contributed by atoms with Gasteiger partial charge in [-0.1, -0.05) is 0 Å². The summed E-state index contributed by atoms with van der Waals surface area (Å²) in [5, 5.41) is 4.26. The van der Waals surface area contributed by atoms with Crippen LogP contribution in [0.3, 0.4) is 0 Å². The molecule has 0 atom stereocenters. The number of halogens is 5. The standard InChI is InChI=1S/C10H10F5N3O3/c11-9(12,10(13,14)15)6(20)18-3-1-8(2-4-18)5(19)16-7(21)17-8/h1-4H2,(H2,16,17,19,21). The number of likely N-dealkylation sites (tertiary alicyclic amines) is 1. The molecular formula is C10H10F5N3O3. The molecule has 0 aliphatic carbocycles. The Hall–Kier alpha value is -1.94. The van der Waals surface area contributed by atoms with Crippen LogP contribution in [0, 0.1) is 0 Å². The quantitative estimate of drug-likeness (QED) is 0.542. The maximum Gasteiger partial charge on any atom is 0.463 e. The summed E-state index contributed by atoms with van der Waals surface area (Å²) in [5.41, 5.74) is -1.35.